The molecule has 3 heterocycles. The minimum atomic E-state index is 0.194. The number of anilines is 1. The second-order valence-electron chi connectivity index (χ2n) is 12.5. The summed E-state index contributed by atoms with van der Waals surface area (Å²) in [5.74, 6) is 1.99. The molecule has 1 atom stereocenters. The third-order valence-corrected chi connectivity index (χ3v) is 11.7. The van der Waals surface area contributed by atoms with E-state index in [1.165, 1.54) is 52.8 Å². The van der Waals surface area contributed by atoms with E-state index in [1.54, 1.807) is 0 Å². The maximum Gasteiger partial charge on any atom is 0.164 e. The second-order valence-corrected chi connectivity index (χ2v) is 14.7. The minimum absolute atomic E-state index is 0.194. The summed E-state index contributed by atoms with van der Waals surface area (Å²) < 4.78 is 2.46. The van der Waals surface area contributed by atoms with Gasteiger partial charge in [0.1, 0.15) is 5.37 Å². The molecule has 0 amide bonds. The van der Waals surface area contributed by atoms with Crippen LogP contribution in [-0.2, 0) is 0 Å². The number of rotatable bonds is 5. The van der Waals surface area contributed by atoms with E-state index in [0.717, 1.165) is 22.1 Å². The Balaban J connectivity index is 1.11. The highest BCUT2D eigenvalue weighted by Gasteiger charge is 2.25. The highest BCUT2D eigenvalue weighted by atomic mass is 32.2. The fourth-order valence-corrected chi connectivity index (χ4v) is 9.18. The average Bonchev–Trinajstić information content (AvgIpc) is 3.78. The van der Waals surface area contributed by atoms with Gasteiger partial charge in [-0.25, -0.2) is 15.0 Å². The molecule has 1 aliphatic heterocycles. The molecule has 4 nitrogen and oxygen atoms in total. The van der Waals surface area contributed by atoms with Crippen molar-refractivity contribution in [3.05, 3.63) is 163 Å². The molecule has 1 unspecified atom stereocenters. The maximum absolute atomic E-state index is 5.20. The molecule has 1 N–H and O–H groups in total. The Morgan fingerprint density at radius 2 is 1.12 bits per heavy atom. The molecule has 0 bridgehead atoms. The molecule has 1 aliphatic rings. The molecule has 9 aromatic rings. The van der Waals surface area contributed by atoms with Gasteiger partial charge in [0.25, 0.3) is 0 Å². The molecule has 0 saturated heterocycles. The first kappa shape index (κ1) is 29.1. The summed E-state index contributed by atoms with van der Waals surface area (Å²) in [5.41, 5.74) is 7.80. The van der Waals surface area contributed by atoms with Crippen LogP contribution in [0.3, 0.4) is 0 Å². The lowest BCUT2D eigenvalue weighted by atomic mass is 10.00. The summed E-state index contributed by atoms with van der Waals surface area (Å²) in [4.78, 5) is 16.6. The predicted octanol–water partition coefficient (Wildman–Crippen LogP) is 12.3. The number of hydrogen-bond donors (Lipinski definition) is 1. The van der Waals surface area contributed by atoms with Gasteiger partial charge in [-0.05, 0) is 57.8 Å². The second kappa shape index (κ2) is 11.9. The van der Waals surface area contributed by atoms with Crippen molar-refractivity contribution in [1.29, 1.82) is 0 Å². The van der Waals surface area contributed by atoms with Crippen molar-refractivity contribution < 1.29 is 0 Å². The summed E-state index contributed by atoms with van der Waals surface area (Å²) >= 11 is 3.68. The van der Waals surface area contributed by atoms with Gasteiger partial charge < -0.3 is 5.32 Å². The van der Waals surface area contributed by atoms with Gasteiger partial charge in [-0.3, -0.25) is 0 Å². The number of aromatic nitrogens is 3. The number of hydrogen-bond acceptors (Lipinski definition) is 6. The third kappa shape index (κ3) is 5.12. The number of thiophene rings is 1. The summed E-state index contributed by atoms with van der Waals surface area (Å²) in [6.07, 6.45) is 0. The molecule has 236 valence electrons. The predicted molar refractivity (Wildman–Crippen MR) is 211 cm³/mol. The van der Waals surface area contributed by atoms with Gasteiger partial charge >= 0.3 is 0 Å². The lowest BCUT2D eigenvalue weighted by Crippen LogP contribution is -2.00. The highest BCUT2D eigenvalue weighted by molar-refractivity contribution is 8.00. The van der Waals surface area contributed by atoms with Crippen molar-refractivity contribution in [1.82, 2.24) is 15.0 Å². The summed E-state index contributed by atoms with van der Waals surface area (Å²) in [7, 11) is 0. The maximum atomic E-state index is 5.20. The Morgan fingerprint density at radius 3 is 1.88 bits per heavy atom. The van der Waals surface area contributed by atoms with Gasteiger partial charge in [0.2, 0.25) is 0 Å². The molecule has 50 heavy (non-hydrogen) atoms. The van der Waals surface area contributed by atoms with Crippen LogP contribution in [0, 0.1) is 0 Å². The molecule has 0 radical (unpaired) electrons. The Labute approximate surface area is 297 Å². The van der Waals surface area contributed by atoms with Crippen LogP contribution in [-0.4, -0.2) is 15.0 Å². The third-order valence-electron chi connectivity index (χ3n) is 9.34. The van der Waals surface area contributed by atoms with E-state index >= 15 is 0 Å². The molecule has 7 aromatic carbocycles. The van der Waals surface area contributed by atoms with Gasteiger partial charge in [-0.2, -0.15) is 0 Å². The first-order valence-corrected chi connectivity index (χ1v) is 18.3. The first-order valence-electron chi connectivity index (χ1n) is 16.6. The zero-order chi connectivity index (χ0) is 33.0. The van der Waals surface area contributed by atoms with Crippen LogP contribution in [0.1, 0.15) is 10.9 Å². The molecular formula is C44H28N4S2. The van der Waals surface area contributed by atoms with Crippen molar-refractivity contribution in [3.8, 4) is 45.3 Å². The lowest BCUT2D eigenvalue weighted by molar-refractivity contribution is 1.08. The van der Waals surface area contributed by atoms with Gasteiger partial charge in [0, 0.05) is 41.8 Å². The Hall–Kier alpha value is -5.82. The van der Waals surface area contributed by atoms with E-state index in [1.807, 2.05) is 41.3 Å². The zero-order valence-corrected chi connectivity index (χ0v) is 28.4. The number of nitrogens with zero attached hydrogens (tertiary/aromatic N) is 3. The number of nitrogens with one attached hydrogen (secondary N) is 1. The number of thioether (sulfide) groups is 1. The minimum Gasteiger partial charge on any atom is -0.368 e. The van der Waals surface area contributed by atoms with Crippen LogP contribution in [0.4, 0.5) is 5.69 Å². The van der Waals surface area contributed by atoms with Crippen molar-refractivity contribution >= 4 is 59.7 Å². The van der Waals surface area contributed by atoms with Crippen molar-refractivity contribution in [2.24, 2.45) is 0 Å². The van der Waals surface area contributed by atoms with E-state index in [0.29, 0.717) is 17.5 Å². The Kier molecular flexibility index (Phi) is 6.96. The van der Waals surface area contributed by atoms with E-state index in [2.05, 4.69) is 145 Å². The standard InChI is InChI=1S/C44H28N4S2/c1-4-11-27(12-5-1)30-19-20-32-24-33(22-21-31(32)23-30)42-46-41(28-13-6-2-7-14-28)47-43(48-42)34-17-10-18-37-40(34)35-25-39-36(26-38(35)49-37)45-44(50-39)29-15-8-3-9-16-29/h1-26,44-45H. The molecule has 0 aliphatic carbocycles. The van der Waals surface area contributed by atoms with E-state index in [-0.39, 0.29) is 5.37 Å². The largest absolute Gasteiger partial charge is 0.368 e. The molecular weight excluding hydrogens is 649 g/mol. The van der Waals surface area contributed by atoms with Crippen LogP contribution >= 0.6 is 23.1 Å². The number of fused-ring (bicyclic) bond motifs is 5. The van der Waals surface area contributed by atoms with Crippen LogP contribution in [0.15, 0.2) is 163 Å². The van der Waals surface area contributed by atoms with Crippen LogP contribution in [0.2, 0.25) is 0 Å². The van der Waals surface area contributed by atoms with Gasteiger partial charge in [0.05, 0.1) is 5.69 Å². The number of benzene rings is 7. The van der Waals surface area contributed by atoms with Crippen molar-refractivity contribution in [3.63, 3.8) is 0 Å². The quantitative estimate of drug-likeness (QED) is 0.197. The topological polar surface area (TPSA) is 50.7 Å². The van der Waals surface area contributed by atoms with Crippen LogP contribution in [0.5, 0.6) is 0 Å². The van der Waals surface area contributed by atoms with Crippen molar-refractivity contribution in [2.45, 2.75) is 10.3 Å². The molecule has 6 heteroatoms. The Bertz CT molecular complexity index is 2710. The molecule has 10 rings (SSSR count). The van der Waals surface area contributed by atoms with Crippen LogP contribution in [0.25, 0.3) is 76.2 Å². The fourth-order valence-electron chi connectivity index (χ4n) is 6.86. The van der Waals surface area contributed by atoms with Gasteiger partial charge in [0.15, 0.2) is 17.5 Å². The lowest BCUT2D eigenvalue weighted by Gasteiger charge is -2.11. The molecule has 2 aromatic heterocycles. The normalized spacial score (nSPS) is 13.9. The summed E-state index contributed by atoms with van der Waals surface area (Å²) in [6.45, 7) is 0. The summed E-state index contributed by atoms with van der Waals surface area (Å²) in [5, 5.41) is 8.67. The van der Waals surface area contributed by atoms with E-state index < -0.39 is 0 Å². The van der Waals surface area contributed by atoms with E-state index in [9.17, 15) is 0 Å². The van der Waals surface area contributed by atoms with Crippen molar-refractivity contribution in [2.75, 3.05) is 5.32 Å². The van der Waals surface area contributed by atoms with E-state index in [4.69, 9.17) is 15.0 Å². The SMILES string of the molecule is c1ccc(-c2ccc3cc(-c4nc(-c5ccccc5)nc(-c5cccc6sc7cc8c(cc7c56)SC(c5ccccc5)N8)n4)ccc3c2)cc1. The van der Waals surface area contributed by atoms with Crippen LogP contribution < -0.4 is 5.32 Å². The first-order chi connectivity index (χ1) is 24.7. The Morgan fingerprint density at radius 1 is 0.480 bits per heavy atom. The molecule has 0 spiro atoms. The smallest absolute Gasteiger partial charge is 0.164 e. The average molecular weight is 677 g/mol. The summed E-state index contributed by atoms with van der Waals surface area (Å²) in [6, 6.07) is 55.6. The van der Waals surface area contributed by atoms with Gasteiger partial charge in [-0.15, -0.1) is 11.3 Å². The highest BCUT2D eigenvalue weighted by Crippen LogP contribution is 2.51. The molecule has 0 saturated carbocycles. The monoisotopic (exact) mass is 676 g/mol. The molecule has 0 fully saturated rings. The zero-order valence-electron chi connectivity index (χ0n) is 26.7. The fraction of sp³-hybridized carbons (Fsp3) is 0.0227. The van der Waals surface area contributed by atoms with Gasteiger partial charge in [-0.1, -0.05) is 139 Å².